The summed E-state index contributed by atoms with van der Waals surface area (Å²) in [7, 11) is 0. The van der Waals surface area contributed by atoms with Gasteiger partial charge >= 0.3 is 12.2 Å². The van der Waals surface area contributed by atoms with Crippen molar-refractivity contribution in [2.24, 2.45) is 0 Å². The van der Waals surface area contributed by atoms with Gasteiger partial charge in [0.25, 0.3) is 0 Å². The normalized spacial score (nSPS) is 17.2. The molecule has 1 atom stereocenters. The van der Waals surface area contributed by atoms with Gasteiger partial charge in [-0.1, -0.05) is 6.58 Å². The number of fused-ring (bicyclic) bond motifs is 4. The van der Waals surface area contributed by atoms with Crippen molar-refractivity contribution >= 4 is 34.7 Å². The minimum atomic E-state index is -4.42. The van der Waals surface area contributed by atoms with Gasteiger partial charge in [0.1, 0.15) is 11.5 Å². The fraction of sp³-hybridized carbons (Fsp3) is 0.364. The average molecular weight is 445 g/mol. The highest BCUT2D eigenvalue weighted by atomic mass is 19.4. The lowest BCUT2D eigenvalue weighted by atomic mass is 10.1. The summed E-state index contributed by atoms with van der Waals surface area (Å²) in [5, 5.41) is 2.75. The number of hydrogen-bond donors (Lipinski definition) is 1. The van der Waals surface area contributed by atoms with E-state index in [1.165, 1.54) is 11.0 Å². The third-order valence-corrected chi connectivity index (χ3v) is 5.58. The number of rotatable bonds is 5. The summed E-state index contributed by atoms with van der Waals surface area (Å²) in [6, 6.07) is 5.90. The van der Waals surface area contributed by atoms with Crippen LogP contribution < -0.4 is 15.1 Å². The second kappa shape index (κ2) is 8.25. The Morgan fingerprint density at radius 3 is 2.69 bits per heavy atom. The summed E-state index contributed by atoms with van der Waals surface area (Å²) in [4.78, 5) is 37.5. The van der Waals surface area contributed by atoms with E-state index in [0.29, 0.717) is 24.5 Å². The molecule has 1 saturated heterocycles. The van der Waals surface area contributed by atoms with Crippen LogP contribution in [0.4, 0.5) is 35.3 Å². The molecule has 168 valence electrons. The highest BCUT2D eigenvalue weighted by Gasteiger charge is 2.40. The number of Topliss-reactive ketones (excluding diaryl/α,β-unsaturated/α-hetero) is 1. The van der Waals surface area contributed by atoms with Crippen LogP contribution in [0.5, 0.6) is 0 Å². The van der Waals surface area contributed by atoms with Crippen molar-refractivity contribution in [3.63, 3.8) is 0 Å². The van der Waals surface area contributed by atoms with Gasteiger partial charge in [-0.15, -0.1) is 0 Å². The number of carbonyl (C=O) groups is 2. The van der Waals surface area contributed by atoms with Crippen LogP contribution in [0.25, 0.3) is 5.57 Å². The predicted octanol–water partition coefficient (Wildman–Crippen LogP) is 4.67. The summed E-state index contributed by atoms with van der Waals surface area (Å²) in [5.74, 6) is -0.0949. The van der Waals surface area contributed by atoms with Crippen molar-refractivity contribution in [2.75, 3.05) is 28.2 Å². The second-order valence-corrected chi connectivity index (χ2v) is 7.98. The second-order valence-electron chi connectivity index (χ2n) is 7.98. The van der Waals surface area contributed by atoms with E-state index in [-0.39, 0.29) is 17.6 Å². The quantitative estimate of drug-likeness (QED) is 0.677. The molecule has 32 heavy (non-hydrogen) atoms. The third-order valence-electron chi connectivity index (χ3n) is 5.58. The molecular weight excluding hydrogens is 423 g/mol. The molecule has 2 bridgehead atoms. The Kier molecular flexibility index (Phi) is 5.62. The lowest BCUT2D eigenvalue weighted by molar-refractivity contribution is -0.133. The van der Waals surface area contributed by atoms with Crippen LogP contribution in [0.1, 0.15) is 42.2 Å². The lowest BCUT2D eigenvalue weighted by Crippen LogP contribution is -2.48. The molecule has 0 radical (unpaired) electrons. The number of carbonyl (C=O) groups excluding carboxylic acids is 2. The van der Waals surface area contributed by atoms with E-state index in [0.717, 1.165) is 17.7 Å². The number of halogens is 3. The number of alkyl halides is 3. The number of ketones is 1. The van der Waals surface area contributed by atoms with Crippen molar-refractivity contribution < 1.29 is 22.8 Å². The van der Waals surface area contributed by atoms with E-state index < -0.39 is 30.8 Å². The van der Waals surface area contributed by atoms with Gasteiger partial charge in [-0.25, -0.2) is 14.8 Å². The summed E-state index contributed by atoms with van der Waals surface area (Å²) in [5.41, 5.74) is 2.28. The van der Waals surface area contributed by atoms with Crippen LogP contribution in [0, 0.1) is 0 Å². The Bertz CT molecular complexity index is 1070. The standard InChI is InChI=1S/C22H22F3N5O2/c1-13(2)14-3-6-19(26-11-14)28-21(32)30-15-8-10-29(12-15)17-5-4-16(27-20(17)30)18(31)7-9-22(23,24)25/h3-6,11,15H,1,7-10,12H2,2H3,(H,26,28,32)/t15-/m0/s1. The topological polar surface area (TPSA) is 78.4 Å². The van der Waals surface area contributed by atoms with E-state index >= 15 is 0 Å². The minimum Gasteiger partial charge on any atom is -0.366 e. The first-order valence-electron chi connectivity index (χ1n) is 10.2. The molecule has 1 N–H and O–H groups in total. The van der Waals surface area contributed by atoms with Crippen molar-refractivity contribution in [2.45, 2.75) is 38.4 Å². The van der Waals surface area contributed by atoms with Crippen LogP contribution in [0.3, 0.4) is 0 Å². The first-order valence-corrected chi connectivity index (χ1v) is 10.2. The maximum atomic E-state index is 13.1. The maximum Gasteiger partial charge on any atom is 0.389 e. The molecule has 2 amide bonds. The zero-order valence-electron chi connectivity index (χ0n) is 17.4. The molecule has 0 aromatic carbocycles. The van der Waals surface area contributed by atoms with Crippen LogP contribution in [-0.4, -0.2) is 47.1 Å². The van der Waals surface area contributed by atoms with Crippen molar-refractivity contribution in [3.8, 4) is 0 Å². The van der Waals surface area contributed by atoms with Gasteiger partial charge in [-0.05, 0) is 48.7 Å². The zero-order chi connectivity index (χ0) is 23.0. The van der Waals surface area contributed by atoms with E-state index in [1.807, 2.05) is 6.92 Å². The molecule has 2 aromatic rings. The van der Waals surface area contributed by atoms with Gasteiger partial charge in [-0.3, -0.25) is 15.0 Å². The van der Waals surface area contributed by atoms with Crippen molar-refractivity contribution in [3.05, 3.63) is 48.3 Å². The highest BCUT2D eigenvalue weighted by Crippen LogP contribution is 2.39. The monoisotopic (exact) mass is 445 g/mol. The van der Waals surface area contributed by atoms with Crippen molar-refractivity contribution in [1.29, 1.82) is 0 Å². The van der Waals surface area contributed by atoms with E-state index in [1.54, 1.807) is 24.4 Å². The van der Waals surface area contributed by atoms with Crippen LogP contribution in [0.2, 0.25) is 0 Å². The first kappa shape index (κ1) is 21.8. The first-order chi connectivity index (χ1) is 15.1. The van der Waals surface area contributed by atoms with E-state index in [2.05, 4.69) is 26.8 Å². The van der Waals surface area contributed by atoms with Crippen LogP contribution >= 0.6 is 0 Å². The third kappa shape index (κ3) is 4.44. The Hall–Kier alpha value is -3.43. The number of allylic oxidation sites excluding steroid dienone is 1. The largest absolute Gasteiger partial charge is 0.389 e. The maximum absolute atomic E-state index is 13.1. The molecule has 4 heterocycles. The number of anilines is 3. The average Bonchev–Trinajstić information content (AvgIpc) is 3.15. The highest BCUT2D eigenvalue weighted by molar-refractivity contribution is 6.05. The predicted molar refractivity (Wildman–Crippen MR) is 115 cm³/mol. The molecule has 2 aliphatic rings. The molecule has 7 nitrogen and oxygen atoms in total. The summed E-state index contributed by atoms with van der Waals surface area (Å²) >= 11 is 0. The molecule has 10 heteroatoms. The Labute approximate surface area is 182 Å². The van der Waals surface area contributed by atoms with Crippen LogP contribution in [-0.2, 0) is 0 Å². The molecular formula is C22H22F3N5O2. The summed E-state index contributed by atoms with van der Waals surface area (Å²) in [6.07, 6.45) is -4.01. The molecule has 0 aliphatic carbocycles. The fourth-order valence-corrected chi connectivity index (χ4v) is 3.90. The van der Waals surface area contributed by atoms with Gasteiger partial charge in [0.2, 0.25) is 0 Å². The molecule has 2 aromatic heterocycles. The van der Waals surface area contributed by atoms with Crippen LogP contribution in [0.15, 0.2) is 37.0 Å². The van der Waals surface area contributed by atoms with Crippen molar-refractivity contribution in [1.82, 2.24) is 9.97 Å². The number of urea groups is 1. The number of amides is 2. The Balaban J connectivity index is 1.59. The van der Waals surface area contributed by atoms with Gasteiger partial charge in [0, 0.05) is 25.7 Å². The number of pyridine rings is 2. The molecule has 2 aliphatic heterocycles. The molecule has 4 rings (SSSR count). The minimum absolute atomic E-state index is 0.0859. The molecule has 0 unspecified atom stereocenters. The van der Waals surface area contributed by atoms with E-state index in [4.69, 9.17) is 0 Å². The Morgan fingerprint density at radius 1 is 1.25 bits per heavy atom. The SMILES string of the molecule is C=C(C)c1ccc(NC(=O)N2c3nc(C(=O)CCC(F)(F)F)ccc3N3CC[C@H]2C3)nc1. The fourth-order valence-electron chi connectivity index (χ4n) is 3.90. The summed E-state index contributed by atoms with van der Waals surface area (Å²) in [6.45, 7) is 7.04. The van der Waals surface area contributed by atoms with E-state index in [9.17, 15) is 22.8 Å². The molecule has 0 spiro atoms. The number of hydrogen-bond acceptors (Lipinski definition) is 5. The van der Waals surface area contributed by atoms with Gasteiger partial charge in [-0.2, -0.15) is 13.2 Å². The summed E-state index contributed by atoms with van der Waals surface area (Å²) < 4.78 is 37.5. The number of nitrogens with one attached hydrogen (secondary N) is 1. The number of aromatic nitrogens is 2. The molecule has 1 fully saturated rings. The smallest absolute Gasteiger partial charge is 0.366 e. The Morgan fingerprint density at radius 2 is 2.03 bits per heavy atom. The van der Waals surface area contributed by atoms with Gasteiger partial charge < -0.3 is 4.90 Å². The number of nitrogens with zero attached hydrogens (tertiary/aromatic N) is 4. The zero-order valence-corrected chi connectivity index (χ0v) is 17.4. The van der Waals surface area contributed by atoms with Gasteiger partial charge in [0.05, 0.1) is 18.2 Å². The lowest BCUT2D eigenvalue weighted by Gasteiger charge is -2.35. The molecule has 0 saturated carbocycles. The van der Waals surface area contributed by atoms with Gasteiger partial charge in [0.15, 0.2) is 11.6 Å².